The Morgan fingerprint density at radius 3 is 2.08 bits per heavy atom. The van der Waals surface area contributed by atoms with E-state index in [-0.39, 0.29) is 22.7 Å². The highest BCUT2D eigenvalue weighted by atomic mass is 35.5. The molecule has 0 aromatic heterocycles. The van der Waals surface area contributed by atoms with Gasteiger partial charge < -0.3 is 10.4 Å². The summed E-state index contributed by atoms with van der Waals surface area (Å²) in [4.78, 5) is 12.0. The van der Waals surface area contributed by atoms with Gasteiger partial charge in [-0.05, 0) is 36.4 Å². The lowest BCUT2D eigenvalue weighted by molar-refractivity contribution is -0.162. The molecule has 134 valence electrons. The van der Waals surface area contributed by atoms with E-state index in [1.165, 1.54) is 6.07 Å². The van der Waals surface area contributed by atoms with Crippen molar-refractivity contribution in [2.45, 2.75) is 12.4 Å². The maximum Gasteiger partial charge on any atom is 0.417 e. The zero-order chi connectivity index (χ0) is 19.0. The number of halogens is 7. The van der Waals surface area contributed by atoms with Crippen molar-refractivity contribution in [3.63, 3.8) is 0 Å². The third-order valence-corrected chi connectivity index (χ3v) is 3.33. The third-order valence-electron chi connectivity index (χ3n) is 3.09. The van der Waals surface area contributed by atoms with Crippen LogP contribution in [-0.4, -0.2) is 11.0 Å². The fraction of sp³-hybridized carbons (Fsp3) is 0.133. The monoisotopic (exact) mass is 383 g/mol. The lowest BCUT2D eigenvalue weighted by atomic mass is 10.1. The highest BCUT2D eigenvalue weighted by Crippen LogP contribution is 2.41. The lowest BCUT2D eigenvalue weighted by Gasteiger charge is -2.17. The summed E-state index contributed by atoms with van der Waals surface area (Å²) >= 11 is 5.66. The molecule has 3 nitrogen and oxygen atoms in total. The zero-order valence-corrected chi connectivity index (χ0v) is 12.7. The second-order valence-electron chi connectivity index (χ2n) is 4.87. The maximum absolute atomic E-state index is 12.9. The van der Waals surface area contributed by atoms with Crippen LogP contribution < -0.4 is 5.32 Å². The summed E-state index contributed by atoms with van der Waals surface area (Å²) in [6.07, 6.45) is -10.5. The van der Waals surface area contributed by atoms with E-state index in [1.54, 1.807) is 0 Å². The molecule has 0 saturated heterocycles. The third kappa shape index (κ3) is 4.36. The van der Waals surface area contributed by atoms with Gasteiger partial charge in [0.2, 0.25) is 0 Å². The van der Waals surface area contributed by atoms with Crippen LogP contribution in [0, 0.1) is 0 Å². The average Bonchev–Trinajstić information content (AvgIpc) is 2.47. The minimum atomic E-state index is -5.27. The molecule has 2 aromatic carbocycles. The number of carbonyl (C=O) groups excluding carboxylic acids is 1. The van der Waals surface area contributed by atoms with Crippen molar-refractivity contribution >= 4 is 23.2 Å². The van der Waals surface area contributed by atoms with Crippen LogP contribution in [0.4, 0.5) is 32.0 Å². The van der Waals surface area contributed by atoms with E-state index in [4.69, 9.17) is 11.6 Å². The SMILES string of the molecule is O=C(Nc1ccc(C(F)(F)F)c(C(F)(F)F)c1)c1cc(Cl)ccc1O. The van der Waals surface area contributed by atoms with E-state index >= 15 is 0 Å². The molecule has 0 aliphatic rings. The number of hydrogen-bond donors (Lipinski definition) is 2. The van der Waals surface area contributed by atoms with Gasteiger partial charge in [-0.1, -0.05) is 11.6 Å². The number of aromatic hydroxyl groups is 1. The van der Waals surface area contributed by atoms with Gasteiger partial charge in [0.25, 0.3) is 5.91 Å². The number of amides is 1. The van der Waals surface area contributed by atoms with Gasteiger partial charge in [-0.25, -0.2) is 0 Å². The summed E-state index contributed by atoms with van der Waals surface area (Å²) in [5.41, 5.74) is -4.68. The molecule has 0 aliphatic carbocycles. The zero-order valence-electron chi connectivity index (χ0n) is 12.0. The summed E-state index contributed by atoms with van der Waals surface area (Å²) in [6.45, 7) is 0. The second-order valence-corrected chi connectivity index (χ2v) is 5.31. The number of benzene rings is 2. The number of phenols is 1. The Kier molecular flexibility index (Phi) is 4.90. The van der Waals surface area contributed by atoms with Crippen LogP contribution >= 0.6 is 11.6 Å². The molecule has 0 radical (unpaired) electrons. The van der Waals surface area contributed by atoms with Crippen molar-refractivity contribution in [2.75, 3.05) is 5.32 Å². The van der Waals surface area contributed by atoms with Gasteiger partial charge in [0.1, 0.15) is 5.75 Å². The normalized spacial score (nSPS) is 12.1. The molecule has 25 heavy (non-hydrogen) atoms. The number of alkyl halides is 6. The number of carbonyl (C=O) groups is 1. The number of nitrogens with one attached hydrogen (secondary N) is 1. The van der Waals surface area contributed by atoms with Gasteiger partial charge in [0, 0.05) is 10.7 Å². The first kappa shape index (κ1) is 18.9. The Hall–Kier alpha value is -2.42. The first-order chi connectivity index (χ1) is 11.4. The summed E-state index contributed by atoms with van der Waals surface area (Å²) in [7, 11) is 0. The van der Waals surface area contributed by atoms with E-state index < -0.39 is 40.8 Å². The van der Waals surface area contributed by atoms with E-state index in [0.717, 1.165) is 12.1 Å². The van der Waals surface area contributed by atoms with E-state index in [9.17, 15) is 36.2 Å². The van der Waals surface area contributed by atoms with Gasteiger partial charge in [0.15, 0.2) is 0 Å². The lowest BCUT2D eigenvalue weighted by Crippen LogP contribution is -2.18. The summed E-state index contributed by atoms with van der Waals surface area (Å²) in [5, 5.41) is 11.6. The van der Waals surface area contributed by atoms with Crippen molar-refractivity contribution in [3.8, 4) is 5.75 Å². The number of rotatable bonds is 2. The fourth-order valence-electron chi connectivity index (χ4n) is 1.99. The molecular formula is C15H8ClF6NO2. The molecule has 0 atom stereocenters. The fourth-order valence-corrected chi connectivity index (χ4v) is 2.16. The van der Waals surface area contributed by atoms with Crippen molar-refractivity contribution in [1.82, 2.24) is 0 Å². The Bertz CT molecular complexity index is 817. The van der Waals surface area contributed by atoms with Gasteiger partial charge in [-0.15, -0.1) is 0 Å². The molecule has 0 saturated carbocycles. The summed E-state index contributed by atoms with van der Waals surface area (Å²) < 4.78 is 76.7. The Labute approximate surface area is 141 Å². The number of hydrogen-bond acceptors (Lipinski definition) is 2. The molecule has 0 heterocycles. The minimum absolute atomic E-state index is 0.0753. The summed E-state index contributed by atoms with van der Waals surface area (Å²) in [5.74, 6) is -1.53. The Morgan fingerprint density at radius 2 is 1.52 bits per heavy atom. The molecular weight excluding hydrogens is 376 g/mol. The second kappa shape index (κ2) is 6.47. The van der Waals surface area contributed by atoms with Gasteiger partial charge in [-0.3, -0.25) is 4.79 Å². The largest absolute Gasteiger partial charge is 0.507 e. The molecule has 2 aromatic rings. The first-order valence-electron chi connectivity index (χ1n) is 6.48. The minimum Gasteiger partial charge on any atom is -0.507 e. The van der Waals surface area contributed by atoms with Crippen LogP contribution in [0.25, 0.3) is 0 Å². The summed E-state index contributed by atoms with van der Waals surface area (Å²) in [6, 6.07) is 4.48. The van der Waals surface area contributed by atoms with Crippen molar-refractivity contribution < 1.29 is 36.2 Å². The van der Waals surface area contributed by atoms with Crippen molar-refractivity contribution in [2.24, 2.45) is 0 Å². The molecule has 0 fully saturated rings. The van der Waals surface area contributed by atoms with Crippen molar-refractivity contribution in [3.05, 3.63) is 58.1 Å². The maximum atomic E-state index is 12.9. The highest BCUT2D eigenvalue weighted by Gasteiger charge is 2.43. The van der Waals surface area contributed by atoms with E-state index in [2.05, 4.69) is 0 Å². The van der Waals surface area contributed by atoms with Gasteiger partial charge >= 0.3 is 12.4 Å². The molecule has 1 amide bonds. The van der Waals surface area contributed by atoms with Crippen LogP contribution in [0.5, 0.6) is 5.75 Å². The average molecular weight is 384 g/mol. The smallest absolute Gasteiger partial charge is 0.417 e. The molecule has 0 unspecified atom stereocenters. The predicted octanol–water partition coefficient (Wildman–Crippen LogP) is 5.34. The van der Waals surface area contributed by atoms with Crippen LogP contribution in [0.2, 0.25) is 5.02 Å². The number of anilines is 1. The molecule has 0 aliphatic heterocycles. The van der Waals surface area contributed by atoms with Crippen LogP contribution in [0.15, 0.2) is 36.4 Å². The van der Waals surface area contributed by atoms with Crippen LogP contribution in [0.1, 0.15) is 21.5 Å². The quantitative estimate of drug-likeness (QED) is 0.688. The van der Waals surface area contributed by atoms with Crippen LogP contribution in [0.3, 0.4) is 0 Å². The highest BCUT2D eigenvalue weighted by molar-refractivity contribution is 6.31. The van der Waals surface area contributed by atoms with E-state index in [0.29, 0.717) is 6.07 Å². The molecule has 2 N–H and O–H groups in total. The Morgan fingerprint density at radius 1 is 0.920 bits per heavy atom. The Balaban J connectivity index is 2.41. The predicted molar refractivity (Wildman–Crippen MR) is 77.5 cm³/mol. The van der Waals surface area contributed by atoms with Crippen LogP contribution in [-0.2, 0) is 12.4 Å². The molecule has 0 bridgehead atoms. The first-order valence-corrected chi connectivity index (χ1v) is 6.85. The van der Waals surface area contributed by atoms with Gasteiger partial charge in [-0.2, -0.15) is 26.3 Å². The standard InChI is InChI=1S/C15H8ClF6NO2/c16-7-1-4-12(24)9(5-7)13(25)23-8-2-3-10(14(17,18)19)11(6-8)15(20,21)22/h1-6,24H,(H,23,25). The van der Waals surface area contributed by atoms with Crippen molar-refractivity contribution in [1.29, 1.82) is 0 Å². The topological polar surface area (TPSA) is 49.3 Å². The molecule has 2 rings (SSSR count). The molecule has 10 heteroatoms. The van der Waals surface area contributed by atoms with Gasteiger partial charge in [0.05, 0.1) is 16.7 Å². The molecule has 0 spiro atoms. The van der Waals surface area contributed by atoms with E-state index in [1.807, 2.05) is 5.32 Å². The number of phenolic OH excluding ortho intramolecular Hbond substituents is 1.